The van der Waals surface area contributed by atoms with Gasteiger partial charge in [0.2, 0.25) is 0 Å². The molecule has 3 heterocycles. The minimum Gasteiger partial charge on any atom is -0.484 e. The number of aromatic nitrogens is 4. The largest absolute Gasteiger partial charge is 0.484 e. The number of ether oxygens (including phenoxy) is 1. The topological polar surface area (TPSA) is 93.9 Å². The second kappa shape index (κ2) is 7.94. The van der Waals surface area contributed by atoms with Gasteiger partial charge in [-0.25, -0.2) is 4.98 Å². The first kappa shape index (κ1) is 19.0. The van der Waals surface area contributed by atoms with E-state index in [0.717, 1.165) is 15.3 Å². The maximum Gasteiger partial charge on any atom is 0.277 e. The van der Waals surface area contributed by atoms with E-state index in [1.165, 1.54) is 23.1 Å². The lowest BCUT2D eigenvalue weighted by Gasteiger charge is -2.02. The van der Waals surface area contributed by atoms with E-state index in [4.69, 9.17) is 20.8 Å². The summed E-state index contributed by atoms with van der Waals surface area (Å²) in [7, 11) is 0. The summed E-state index contributed by atoms with van der Waals surface area (Å²) in [6, 6.07) is 7.02. The summed E-state index contributed by atoms with van der Waals surface area (Å²) in [5.74, 6) is 2.01. The predicted molar refractivity (Wildman–Crippen MR) is 109 cm³/mol. The Balaban J connectivity index is 1.40. The minimum absolute atomic E-state index is 0.120. The van der Waals surface area contributed by atoms with Gasteiger partial charge in [0.05, 0.1) is 11.1 Å². The highest BCUT2D eigenvalue weighted by Crippen LogP contribution is 2.27. The molecule has 0 amide bonds. The molecule has 0 saturated carbocycles. The molecule has 0 aliphatic carbocycles. The zero-order valence-electron chi connectivity index (χ0n) is 15.0. The molecule has 0 bridgehead atoms. The fraction of sp³-hybridized carbons (Fsp3) is 0.222. The summed E-state index contributed by atoms with van der Waals surface area (Å²) in [6.45, 7) is 4.08. The number of benzene rings is 1. The number of thioether (sulfide) groups is 1. The highest BCUT2D eigenvalue weighted by atomic mass is 35.5. The molecule has 1 N–H and O–H groups in total. The Morgan fingerprint density at radius 3 is 2.82 bits per heavy atom. The number of halogens is 1. The Morgan fingerprint density at radius 1 is 1.25 bits per heavy atom. The van der Waals surface area contributed by atoms with Crippen LogP contribution in [0.25, 0.3) is 10.2 Å². The fourth-order valence-corrected chi connectivity index (χ4v) is 4.35. The maximum absolute atomic E-state index is 12.3. The van der Waals surface area contributed by atoms with Crippen LogP contribution in [0.15, 0.2) is 38.7 Å². The van der Waals surface area contributed by atoms with Crippen LogP contribution in [0.2, 0.25) is 5.02 Å². The molecule has 7 nitrogen and oxygen atoms in total. The second-order valence-corrected chi connectivity index (χ2v) is 8.54. The Morgan fingerprint density at radius 2 is 2.04 bits per heavy atom. The Kier molecular flexibility index (Phi) is 5.38. The highest BCUT2D eigenvalue weighted by molar-refractivity contribution is 7.98. The molecular weight excluding hydrogens is 420 g/mol. The van der Waals surface area contributed by atoms with Crippen LogP contribution in [0.1, 0.15) is 22.2 Å². The van der Waals surface area contributed by atoms with Crippen LogP contribution in [-0.4, -0.2) is 20.2 Å². The average molecular weight is 435 g/mol. The van der Waals surface area contributed by atoms with Crippen molar-refractivity contribution in [1.82, 2.24) is 20.2 Å². The zero-order chi connectivity index (χ0) is 19.7. The third-order valence-corrected chi connectivity index (χ3v) is 6.23. The van der Waals surface area contributed by atoms with Gasteiger partial charge in [0.1, 0.15) is 16.4 Å². The van der Waals surface area contributed by atoms with Gasteiger partial charge in [-0.3, -0.25) is 4.79 Å². The van der Waals surface area contributed by atoms with E-state index >= 15 is 0 Å². The fourth-order valence-electron chi connectivity index (χ4n) is 2.53. The van der Waals surface area contributed by atoms with Crippen molar-refractivity contribution in [1.29, 1.82) is 0 Å². The van der Waals surface area contributed by atoms with E-state index in [1.54, 1.807) is 24.3 Å². The molecule has 4 rings (SSSR count). The molecule has 3 aromatic heterocycles. The maximum atomic E-state index is 12.3. The predicted octanol–water partition coefficient (Wildman–Crippen LogP) is 4.51. The minimum atomic E-state index is -0.120. The molecule has 1 aromatic carbocycles. The van der Waals surface area contributed by atoms with E-state index in [0.29, 0.717) is 38.8 Å². The number of aryl methyl sites for hydroxylation is 2. The van der Waals surface area contributed by atoms with Gasteiger partial charge < -0.3 is 14.1 Å². The van der Waals surface area contributed by atoms with Crippen molar-refractivity contribution < 1.29 is 9.15 Å². The average Bonchev–Trinajstić information content (AvgIpc) is 3.24. The van der Waals surface area contributed by atoms with Crippen molar-refractivity contribution in [3.8, 4) is 5.75 Å². The van der Waals surface area contributed by atoms with Gasteiger partial charge in [0.15, 0.2) is 6.61 Å². The van der Waals surface area contributed by atoms with Crippen molar-refractivity contribution >= 4 is 44.9 Å². The molecular formula is C18H15ClN4O3S2. The van der Waals surface area contributed by atoms with Gasteiger partial charge >= 0.3 is 0 Å². The molecule has 10 heteroatoms. The quantitative estimate of drug-likeness (QED) is 0.446. The molecule has 28 heavy (non-hydrogen) atoms. The smallest absolute Gasteiger partial charge is 0.277 e. The van der Waals surface area contributed by atoms with E-state index in [-0.39, 0.29) is 12.2 Å². The van der Waals surface area contributed by atoms with Crippen molar-refractivity contribution in [3.63, 3.8) is 0 Å². The van der Waals surface area contributed by atoms with Crippen LogP contribution in [0.4, 0.5) is 0 Å². The summed E-state index contributed by atoms with van der Waals surface area (Å²) in [5.41, 5.74) is 0.861. The molecule has 4 aromatic rings. The van der Waals surface area contributed by atoms with E-state index < -0.39 is 0 Å². The van der Waals surface area contributed by atoms with Crippen LogP contribution in [0, 0.1) is 13.8 Å². The van der Waals surface area contributed by atoms with Crippen molar-refractivity contribution in [2.75, 3.05) is 0 Å². The molecule has 0 fully saturated rings. The SMILES string of the molecule is Cc1sc2nc(CSc3nnc(COc4ccc(Cl)cc4)o3)[nH]c(=O)c2c1C. The van der Waals surface area contributed by atoms with Crippen LogP contribution >= 0.6 is 34.7 Å². The summed E-state index contributed by atoms with van der Waals surface area (Å²) >= 11 is 8.67. The van der Waals surface area contributed by atoms with Crippen LogP contribution in [0.3, 0.4) is 0 Å². The first-order valence-electron chi connectivity index (χ1n) is 8.32. The van der Waals surface area contributed by atoms with Gasteiger partial charge in [0.25, 0.3) is 16.7 Å². The van der Waals surface area contributed by atoms with E-state index in [2.05, 4.69) is 20.2 Å². The number of hydrogen-bond acceptors (Lipinski definition) is 8. The number of nitrogens with zero attached hydrogens (tertiary/aromatic N) is 3. The van der Waals surface area contributed by atoms with Crippen molar-refractivity contribution in [3.05, 3.63) is 61.8 Å². The number of nitrogens with one attached hydrogen (secondary N) is 1. The van der Waals surface area contributed by atoms with Crippen molar-refractivity contribution in [2.45, 2.75) is 31.4 Å². The molecule has 0 spiro atoms. The lowest BCUT2D eigenvalue weighted by Crippen LogP contribution is -2.10. The van der Waals surface area contributed by atoms with Crippen molar-refractivity contribution in [2.24, 2.45) is 0 Å². The second-order valence-electron chi connectivity index (χ2n) is 5.97. The third kappa shape index (κ3) is 4.06. The number of fused-ring (bicyclic) bond motifs is 1. The lowest BCUT2D eigenvalue weighted by atomic mass is 10.2. The number of aromatic amines is 1. The zero-order valence-corrected chi connectivity index (χ0v) is 17.4. The molecule has 0 saturated heterocycles. The lowest BCUT2D eigenvalue weighted by molar-refractivity contribution is 0.252. The molecule has 0 atom stereocenters. The number of H-pyrrole nitrogens is 1. The van der Waals surface area contributed by atoms with E-state index in [1.807, 2.05) is 13.8 Å². The summed E-state index contributed by atoms with van der Waals surface area (Å²) in [5, 5.41) is 9.64. The third-order valence-electron chi connectivity index (χ3n) is 4.04. The van der Waals surface area contributed by atoms with Gasteiger partial charge in [-0.05, 0) is 43.7 Å². The standard InChI is InChI=1S/C18H15ClN4O3S2/c1-9-10(2)28-17-15(9)16(24)20-13(21-17)8-27-18-23-22-14(26-18)7-25-12-5-3-11(19)4-6-12/h3-6H,7-8H2,1-2H3,(H,20,21,24). The number of thiophene rings is 1. The molecule has 0 unspecified atom stereocenters. The van der Waals surface area contributed by atoms with Crippen LogP contribution < -0.4 is 10.3 Å². The van der Waals surface area contributed by atoms with Crippen LogP contribution in [0.5, 0.6) is 5.75 Å². The molecule has 144 valence electrons. The molecule has 0 aliphatic rings. The Hall–Kier alpha value is -2.36. The first-order chi connectivity index (χ1) is 13.5. The normalized spacial score (nSPS) is 11.2. The summed E-state index contributed by atoms with van der Waals surface area (Å²) in [6.07, 6.45) is 0. The summed E-state index contributed by atoms with van der Waals surface area (Å²) in [4.78, 5) is 21.5. The Labute approximate surface area is 173 Å². The van der Waals surface area contributed by atoms with Gasteiger partial charge in [-0.1, -0.05) is 23.4 Å². The number of rotatable bonds is 6. The first-order valence-corrected chi connectivity index (χ1v) is 10.5. The van der Waals surface area contributed by atoms with Gasteiger partial charge in [0, 0.05) is 9.90 Å². The molecule has 0 radical (unpaired) electrons. The van der Waals surface area contributed by atoms with Crippen LogP contribution in [-0.2, 0) is 12.4 Å². The van der Waals surface area contributed by atoms with E-state index in [9.17, 15) is 4.79 Å². The van der Waals surface area contributed by atoms with Gasteiger partial charge in [-0.15, -0.1) is 21.5 Å². The van der Waals surface area contributed by atoms with Gasteiger partial charge in [-0.2, -0.15) is 0 Å². The monoisotopic (exact) mass is 434 g/mol. The number of hydrogen-bond donors (Lipinski definition) is 1. The Bertz CT molecular complexity index is 1180. The summed E-state index contributed by atoms with van der Waals surface area (Å²) < 4.78 is 11.1. The highest BCUT2D eigenvalue weighted by Gasteiger charge is 2.13. The molecule has 0 aliphatic heterocycles.